The Morgan fingerprint density at radius 3 is 2.12 bits per heavy atom. The molecule has 0 bridgehead atoms. The van der Waals surface area contributed by atoms with Crippen molar-refractivity contribution in [2.75, 3.05) is 0 Å². The molecule has 0 spiro atoms. The Morgan fingerprint density at radius 2 is 1.46 bits per heavy atom. The van der Waals surface area contributed by atoms with Crippen LogP contribution in [0.4, 0.5) is 0 Å². The van der Waals surface area contributed by atoms with E-state index in [1.165, 1.54) is 11.3 Å². The molecule has 0 radical (unpaired) electrons. The molecule has 3 aromatic rings. The number of benzene rings is 2. The van der Waals surface area contributed by atoms with E-state index in [-0.39, 0.29) is 11.8 Å². The quantitative estimate of drug-likeness (QED) is 0.721. The number of hydrogen-bond acceptors (Lipinski definition) is 4. The van der Waals surface area contributed by atoms with Crippen molar-refractivity contribution >= 4 is 23.2 Å². The smallest absolute Gasteiger partial charge is 0.267 e. The van der Waals surface area contributed by atoms with Gasteiger partial charge in [-0.25, -0.2) is 4.98 Å². The summed E-state index contributed by atoms with van der Waals surface area (Å²) in [6, 6.07) is 18.2. The summed E-state index contributed by atoms with van der Waals surface area (Å²) in [5.74, 6) is -0.754. The predicted octanol–water partition coefficient (Wildman–Crippen LogP) is 3.19. The fourth-order valence-corrected chi connectivity index (χ4v) is 3.04. The normalized spacial score (nSPS) is 10.2. The fraction of sp³-hybridized carbons (Fsp3) is 0.0556. The molecule has 1 heterocycles. The van der Waals surface area contributed by atoms with E-state index < -0.39 is 0 Å². The first-order valence-electron chi connectivity index (χ1n) is 7.34. The molecule has 0 fully saturated rings. The molecule has 0 aliphatic carbocycles. The molecule has 2 amide bonds. The van der Waals surface area contributed by atoms with Crippen molar-refractivity contribution in [2.24, 2.45) is 0 Å². The SMILES string of the molecule is Cc1nc(-c2ccccc2)c(C(=O)NNC(=O)c2ccccc2)s1. The monoisotopic (exact) mass is 337 g/mol. The number of aryl methyl sites for hydroxylation is 1. The Hall–Kier alpha value is -2.99. The molecule has 2 aromatic carbocycles. The Bertz CT molecular complexity index is 860. The van der Waals surface area contributed by atoms with Gasteiger partial charge < -0.3 is 0 Å². The number of thiazole rings is 1. The highest BCUT2D eigenvalue weighted by molar-refractivity contribution is 7.14. The van der Waals surface area contributed by atoms with Gasteiger partial charge >= 0.3 is 0 Å². The van der Waals surface area contributed by atoms with Crippen LogP contribution in [0.2, 0.25) is 0 Å². The van der Waals surface area contributed by atoms with Gasteiger partial charge in [0.1, 0.15) is 4.88 Å². The number of nitrogens with one attached hydrogen (secondary N) is 2. The van der Waals surface area contributed by atoms with Crippen LogP contribution in [0.15, 0.2) is 60.7 Å². The summed E-state index contributed by atoms with van der Waals surface area (Å²) in [4.78, 5) is 29.3. The zero-order valence-corrected chi connectivity index (χ0v) is 13.8. The second-order valence-corrected chi connectivity index (χ2v) is 6.25. The highest BCUT2D eigenvalue weighted by Crippen LogP contribution is 2.27. The molecular formula is C18H15N3O2S. The molecule has 5 nitrogen and oxygen atoms in total. The zero-order chi connectivity index (χ0) is 16.9. The van der Waals surface area contributed by atoms with Crippen LogP contribution in [0, 0.1) is 6.92 Å². The maximum atomic E-state index is 12.4. The lowest BCUT2D eigenvalue weighted by Gasteiger charge is -2.07. The summed E-state index contributed by atoms with van der Waals surface area (Å²) in [7, 11) is 0. The molecule has 3 rings (SSSR count). The molecule has 0 unspecified atom stereocenters. The van der Waals surface area contributed by atoms with E-state index >= 15 is 0 Å². The maximum Gasteiger partial charge on any atom is 0.282 e. The minimum absolute atomic E-state index is 0.369. The number of carbonyl (C=O) groups excluding carboxylic acids is 2. The molecule has 0 aliphatic rings. The average molecular weight is 337 g/mol. The highest BCUT2D eigenvalue weighted by atomic mass is 32.1. The van der Waals surface area contributed by atoms with Crippen molar-refractivity contribution in [3.05, 3.63) is 76.1 Å². The van der Waals surface area contributed by atoms with Crippen LogP contribution in [0.25, 0.3) is 11.3 Å². The van der Waals surface area contributed by atoms with Crippen molar-refractivity contribution in [2.45, 2.75) is 6.92 Å². The van der Waals surface area contributed by atoms with Gasteiger partial charge in [-0.15, -0.1) is 11.3 Å². The second-order valence-electron chi connectivity index (χ2n) is 5.05. The predicted molar refractivity (Wildman–Crippen MR) is 93.7 cm³/mol. The molecular weight excluding hydrogens is 322 g/mol. The van der Waals surface area contributed by atoms with Gasteiger partial charge in [-0.2, -0.15) is 0 Å². The van der Waals surface area contributed by atoms with Gasteiger partial charge in [0.25, 0.3) is 11.8 Å². The summed E-state index contributed by atoms with van der Waals surface area (Å²) in [6.07, 6.45) is 0. The van der Waals surface area contributed by atoms with E-state index in [1.807, 2.05) is 43.3 Å². The molecule has 24 heavy (non-hydrogen) atoms. The lowest BCUT2D eigenvalue weighted by Crippen LogP contribution is -2.41. The van der Waals surface area contributed by atoms with Crippen LogP contribution < -0.4 is 10.9 Å². The number of amides is 2. The topological polar surface area (TPSA) is 71.1 Å². The number of nitrogens with zero attached hydrogens (tertiary/aromatic N) is 1. The standard InChI is InChI=1S/C18H15N3O2S/c1-12-19-15(13-8-4-2-5-9-13)16(24-12)18(23)21-20-17(22)14-10-6-3-7-11-14/h2-11H,1H3,(H,20,22)(H,21,23). The first-order valence-corrected chi connectivity index (χ1v) is 8.15. The summed E-state index contributed by atoms with van der Waals surface area (Å²) >= 11 is 1.29. The number of hydrogen-bond donors (Lipinski definition) is 2. The van der Waals surface area contributed by atoms with E-state index in [1.54, 1.807) is 24.3 Å². The highest BCUT2D eigenvalue weighted by Gasteiger charge is 2.18. The van der Waals surface area contributed by atoms with Crippen molar-refractivity contribution in [3.63, 3.8) is 0 Å². The third-order valence-corrected chi connectivity index (χ3v) is 4.28. The molecule has 1 aromatic heterocycles. The third-order valence-electron chi connectivity index (χ3n) is 3.31. The van der Waals surface area contributed by atoms with Crippen molar-refractivity contribution < 1.29 is 9.59 Å². The molecule has 6 heteroatoms. The molecule has 0 aliphatic heterocycles. The number of aromatic nitrogens is 1. The summed E-state index contributed by atoms with van der Waals surface area (Å²) in [5, 5.41) is 0.786. The Kier molecular flexibility index (Phi) is 4.67. The Labute approximate surface area is 143 Å². The van der Waals surface area contributed by atoms with Gasteiger partial charge in [0.05, 0.1) is 10.7 Å². The molecule has 120 valence electrons. The second kappa shape index (κ2) is 7.06. The number of carbonyl (C=O) groups is 2. The van der Waals surface area contributed by atoms with E-state index in [4.69, 9.17) is 0 Å². The van der Waals surface area contributed by atoms with E-state index in [9.17, 15) is 9.59 Å². The van der Waals surface area contributed by atoms with Crippen LogP contribution in [-0.2, 0) is 0 Å². The number of rotatable bonds is 3. The molecule has 0 atom stereocenters. The van der Waals surface area contributed by atoms with Crippen LogP contribution >= 0.6 is 11.3 Å². The van der Waals surface area contributed by atoms with Crippen molar-refractivity contribution in [1.29, 1.82) is 0 Å². The largest absolute Gasteiger partial charge is 0.282 e. The van der Waals surface area contributed by atoms with Crippen LogP contribution in [0.5, 0.6) is 0 Å². The van der Waals surface area contributed by atoms with Crippen LogP contribution in [0.3, 0.4) is 0 Å². The molecule has 0 saturated heterocycles. The Morgan fingerprint density at radius 1 is 0.875 bits per heavy atom. The molecule has 0 saturated carbocycles. The third kappa shape index (κ3) is 3.49. The summed E-state index contributed by atoms with van der Waals surface area (Å²) in [6.45, 7) is 1.84. The minimum atomic E-state index is -0.385. The van der Waals surface area contributed by atoms with Gasteiger partial charge in [-0.3, -0.25) is 20.4 Å². The maximum absolute atomic E-state index is 12.4. The van der Waals surface area contributed by atoms with Crippen molar-refractivity contribution in [1.82, 2.24) is 15.8 Å². The average Bonchev–Trinajstić information content (AvgIpc) is 3.03. The van der Waals surface area contributed by atoms with Gasteiger partial charge in [-0.1, -0.05) is 48.5 Å². The van der Waals surface area contributed by atoms with Gasteiger partial charge in [0, 0.05) is 11.1 Å². The van der Waals surface area contributed by atoms with Gasteiger partial charge in [-0.05, 0) is 19.1 Å². The lowest BCUT2D eigenvalue weighted by molar-refractivity contribution is 0.0849. The van der Waals surface area contributed by atoms with E-state index in [2.05, 4.69) is 15.8 Å². The lowest BCUT2D eigenvalue weighted by atomic mass is 10.1. The van der Waals surface area contributed by atoms with Gasteiger partial charge in [0.2, 0.25) is 0 Å². The first-order chi connectivity index (χ1) is 11.6. The van der Waals surface area contributed by atoms with Crippen molar-refractivity contribution in [3.8, 4) is 11.3 Å². The fourth-order valence-electron chi connectivity index (χ4n) is 2.20. The minimum Gasteiger partial charge on any atom is -0.267 e. The van der Waals surface area contributed by atoms with E-state index in [0.717, 1.165) is 10.6 Å². The Balaban J connectivity index is 1.75. The summed E-state index contributed by atoms with van der Waals surface area (Å²) in [5.41, 5.74) is 6.83. The van der Waals surface area contributed by atoms with Gasteiger partial charge in [0.15, 0.2) is 0 Å². The number of hydrazine groups is 1. The van der Waals surface area contributed by atoms with E-state index in [0.29, 0.717) is 16.1 Å². The first kappa shape index (κ1) is 15.9. The zero-order valence-electron chi connectivity index (χ0n) is 12.9. The summed E-state index contributed by atoms with van der Waals surface area (Å²) < 4.78 is 0. The van der Waals surface area contributed by atoms with Crippen LogP contribution in [-0.4, -0.2) is 16.8 Å². The van der Waals surface area contributed by atoms with Crippen LogP contribution in [0.1, 0.15) is 25.0 Å². The molecule has 2 N–H and O–H groups in total.